The summed E-state index contributed by atoms with van der Waals surface area (Å²) in [6.45, 7) is 8.41. The second-order valence-corrected chi connectivity index (χ2v) is 8.73. The molecule has 3 aromatic rings. The first-order chi connectivity index (χ1) is 13.0. The molecule has 0 bridgehead atoms. The van der Waals surface area contributed by atoms with Gasteiger partial charge in [-0.05, 0) is 36.0 Å². The Labute approximate surface area is 162 Å². The second-order valence-electron chi connectivity index (χ2n) is 7.72. The summed E-state index contributed by atoms with van der Waals surface area (Å²) in [5.41, 5.74) is 0.980. The number of hydrogen-bond acceptors (Lipinski definition) is 5. The highest BCUT2D eigenvalue weighted by Gasteiger charge is 2.33. The van der Waals surface area contributed by atoms with E-state index in [0.29, 0.717) is 16.8 Å². The molecule has 3 unspecified atom stereocenters. The summed E-state index contributed by atoms with van der Waals surface area (Å²) < 4.78 is 15.0. The van der Waals surface area contributed by atoms with Crippen LogP contribution in [-0.4, -0.2) is 37.7 Å². The Hall–Kier alpha value is -1.99. The lowest BCUT2D eigenvalue weighted by atomic mass is 9.89. The molecule has 1 aliphatic heterocycles. The van der Waals surface area contributed by atoms with Crippen LogP contribution in [0.4, 0.5) is 4.39 Å². The smallest absolute Gasteiger partial charge is 0.230 e. The molecular formula is C20H25FN4OS. The lowest BCUT2D eigenvalue weighted by molar-refractivity contribution is 0.112. The Morgan fingerprint density at radius 3 is 2.48 bits per heavy atom. The van der Waals surface area contributed by atoms with Crippen molar-refractivity contribution in [3.05, 3.63) is 46.3 Å². The van der Waals surface area contributed by atoms with Crippen molar-refractivity contribution < 1.29 is 9.50 Å². The minimum atomic E-state index is -0.252. The molecule has 1 aliphatic rings. The molecule has 1 saturated heterocycles. The number of benzene rings is 1. The van der Waals surface area contributed by atoms with Crippen molar-refractivity contribution in [2.75, 3.05) is 13.1 Å². The number of piperidine rings is 1. The van der Waals surface area contributed by atoms with E-state index in [0.717, 1.165) is 35.8 Å². The van der Waals surface area contributed by atoms with Crippen molar-refractivity contribution in [2.24, 2.45) is 11.8 Å². The molecule has 27 heavy (non-hydrogen) atoms. The maximum Gasteiger partial charge on any atom is 0.230 e. The number of halogens is 1. The average molecular weight is 389 g/mol. The molecule has 1 aromatic carbocycles. The largest absolute Gasteiger partial charge is 0.492 e. The van der Waals surface area contributed by atoms with Crippen LogP contribution < -0.4 is 0 Å². The summed E-state index contributed by atoms with van der Waals surface area (Å²) in [5.74, 6) is 1.77. The lowest BCUT2D eigenvalue weighted by Gasteiger charge is -2.40. The summed E-state index contributed by atoms with van der Waals surface area (Å²) in [4.78, 5) is 8.43. The second kappa shape index (κ2) is 7.20. The monoisotopic (exact) mass is 388 g/mol. The van der Waals surface area contributed by atoms with E-state index in [4.69, 9.17) is 0 Å². The molecule has 3 heterocycles. The van der Waals surface area contributed by atoms with Crippen LogP contribution in [0, 0.1) is 17.7 Å². The van der Waals surface area contributed by atoms with E-state index in [1.807, 2.05) is 19.1 Å². The van der Waals surface area contributed by atoms with Crippen LogP contribution in [0.3, 0.4) is 0 Å². The highest BCUT2D eigenvalue weighted by Crippen LogP contribution is 2.42. The van der Waals surface area contributed by atoms with Crippen molar-refractivity contribution in [2.45, 2.75) is 39.7 Å². The van der Waals surface area contributed by atoms with Crippen molar-refractivity contribution in [3.63, 3.8) is 0 Å². The molecule has 144 valence electrons. The summed E-state index contributed by atoms with van der Waals surface area (Å²) in [7, 11) is 0. The van der Waals surface area contributed by atoms with E-state index in [1.165, 1.54) is 34.4 Å². The molecule has 0 spiro atoms. The predicted molar refractivity (Wildman–Crippen MR) is 105 cm³/mol. The van der Waals surface area contributed by atoms with Gasteiger partial charge in [0.05, 0.1) is 10.9 Å². The molecule has 0 aliphatic carbocycles. The third kappa shape index (κ3) is 3.46. The Kier molecular flexibility index (Phi) is 4.90. The fourth-order valence-electron chi connectivity index (χ4n) is 4.21. The van der Waals surface area contributed by atoms with Crippen LogP contribution in [0.5, 0.6) is 5.88 Å². The van der Waals surface area contributed by atoms with Crippen LogP contribution in [0.2, 0.25) is 0 Å². The van der Waals surface area contributed by atoms with Gasteiger partial charge in [-0.2, -0.15) is 4.52 Å². The Balaban J connectivity index is 1.81. The van der Waals surface area contributed by atoms with Crippen molar-refractivity contribution in [3.8, 4) is 5.88 Å². The average Bonchev–Trinajstić information content (AvgIpc) is 3.16. The van der Waals surface area contributed by atoms with Crippen LogP contribution in [-0.2, 0) is 6.42 Å². The van der Waals surface area contributed by atoms with E-state index in [2.05, 4.69) is 28.8 Å². The molecule has 1 N–H and O–H groups in total. The normalized spacial score (nSPS) is 22.4. The quantitative estimate of drug-likeness (QED) is 0.725. The van der Waals surface area contributed by atoms with Gasteiger partial charge in [0.2, 0.25) is 10.8 Å². The maximum absolute atomic E-state index is 13.5. The van der Waals surface area contributed by atoms with E-state index in [9.17, 15) is 9.50 Å². The highest BCUT2D eigenvalue weighted by atomic mass is 32.1. The zero-order valence-electron chi connectivity index (χ0n) is 15.9. The third-order valence-electron chi connectivity index (χ3n) is 5.26. The minimum absolute atomic E-state index is 0.130. The number of hydrogen-bond donors (Lipinski definition) is 1. The number of fused-ring (bicyclic) bond motifs is 1. The number of thiazole rings is 1. The number of likely N-dealkylation sites (tertiary alicyclic amines) is 1. The molecular weight excluding hydrogens is 363 g/mol. The van der Waals surface area contributed by atoms with Crippen LogP contribution >= 0.6 is 11.3 Å². The number of nitrogens with zero attached hydrogens (tertiary/aromatic N) is 4. The fraction of sp³-hybridized carbons (Fsp3) is 0.500. The van der Waals surface area contributed by atoms with Gasteiger partial charge in [-0.25, -0.2) is 9.37 Å². The zero-order valence-corrected chi connectivity index (χ0v) is 16.7. The van der Waals surface area contributed by atoms with E-state index in [1.54, 1.807) is 0 Å². The molecule has 4 rings (SSSR count). The summed E-state index contributed by atoms with van der Waals surface area (Å²) in [6.07, 6.45) is 1.93. The van der Waals surface area contributed by atoms with Gasteiger partial charge >= 0.3 is 0 Å². The van der Waals surface area contributed by atoms with E-state index < -0.39 is 0 Å². The third-order valence-corrected chi connectivity index (χ3v) is 6.33. The van der Waals surface area contributed by atoms with Gasteiger partial charge in [0.1, 0.15) is 5.82 Å². The molecule has 2 aromatic heterocycles. The standard InChI is InChI=1S/C20H25FN4OS/c1-4-16-22-20-25(23-16)19(26)18(27-20)17(14-5-7-15(21)8-6-14)24-10-12(2)9-13(3)11-24/h5-8,12-13,17,26H,4,9-11H2,1-3H3. The van der Waals surface area contributed by atoms with E-state index in [-0.39, 0.29) is 17.7 Å². The number of aromatic hydroxyl groups is 1. The van der Waals surface area contributed by atoms with Gasteiger partial charge < -0.3 is 5.11 Å². The van der Waals surface area contributed by atoms with Crippen molar-refractivity contribution in [1.29, 1.82) is 0 Å². The first-order valence-corrected chi connectivity index (χ1v) is 10.3. The molecule has 0 saturated carbocycles. The lowest BCUT2D eigenvalue weighted by Crippen LogP contribution is -2.41. The minimum Gasteiger partial charge on any atom is -0.492 e. The summed E-state index contributed by atoms with van der Waals surface area (Å²) in [6, 6.07) is 6.48. The summed E-state index contributed by atoms with van der Waals surface area (Å²) in [5, 5.41) is 15.3. The van der Waals surface area contributed by atoms with Crippen LogP contribution in [0.1, 0.15) is 49.5 Å². The Bertz CT molecular complexity index is 926. The van der Waals surface area contributed by atoms with Gasteiger partial charge in [-0.1, -0.05) is 44.2 Å². The molecule has 0 amide bonds. The topological polar surface area (TPSA) is 53.7 Å². The van der Waals surface area contributed by atoms with Gasteiger partial charge in [0.15, 0.2) is 5.82 Å². The Morgan fingerprint density at radius 2 is 1.89 bits per heavy atom. The number of aryl methyl sites for hydroxylation is 1. The molecule has 0 radical (unpaired) electrons. The zero-order chi connectivity index (χ0) is 19.1. The van der Waals surface area contributed by atoms with Gasteiger partial charge in [-0.15, -0.1) is 5.10 Å². The van der Waals surface area contributed by atoms with Crippen LogP contribution in [0.15, 0.2) is 24.3 Å². The van der Waals surface area contributed by atoms with Gasteiger partial charge in [-0.3, -0.25) is 4.90 Å². The van der Waals surface area contributed by atoms with Gasteiger partial charge in [0.25, 0.3) is 0 Å². The molecule has 3 atom stereocenters. The molecule has 5 nitrogen and oxygen atoms in total. The number of aromatic nitrogens is 3. The maximum atomic E-state index is 13.5. The molecule has 7 heteroatoms. The predicted octanol–water partition coefficient (Wildman–Crippen LogP) is 4.27. The first-order valence-electron chi connectivity index (χ1n) is 9.53. The first kappa shape index (κ1) is 18.4. The van der Waals surface area contributed by atoms with Crippen LogP contribution in [0.25, 0.3) is 4.96 Å². The summed E-state index contributed by atoms with van der Waals surface area (Å²) >= 11 is 1.47. The van der Waals surface area contributed by atoms with Crippen molar-refractivity contribution in [1.82, 2.24) is 19.5 Å². The highest BCUT2D eigenvalue weighted by molar-refractivity contribution is 7.17. The SMILES string of the molecule is CCc1nc2sc(C(c3ccc(F)cc3)N3CC(C)CC(C)C3)c(O)n2n1. The Morgan fingerprint density at radius 1 is 1.22 bits per heavy atom. The number of rotatable bonds is 4. The fourth-order valence-corrected chi connectivity index (χ4v) is 5.35. The van der Waals surface area contributed by atoms with E-state index >= 15 is 0 Å². The van der Waals surface area contributed by atoms with Gasteiger partial charge in [0, 0.05) is 19.5 Å². The van der Waals surface area contributed by atoms with Crippen molar-refractivity contribution >= 4 is 16.3 Å². The molecule has 1 fully saturated rings.